The first-order valence-corrected chi connectivity index (χ1v) is 25.1. The van der Waals surface area contributed by atoms with Gasteiger partial charge in [-0.1, -0.05) is 83.9 Å². The summed E-state index contributed by atoms with van der Waals surface area (Å²) in [4.78, 5) is 23.9. The number of benzene rings is 2. The summed E-state index contributed by atoms with van der Waals surface area (Å²) < 4.78 is 124. The van der Waals surface area contributed by atoms with Crippen LogP contribution in [0, 0.1) is 13.8 Å². The van der Waals surface area contributed by atoms with Crippen molar-refractivity contribution < 1.29 is 166 Å². The van der Waals surface area contributed by atoms with Crippen LogP contribution in [0.5, 0.6) is 0 Å². The smallest absolute Gasteiger partial charge is 0.479 e. The molecule has 2 aromatic carbocycles. The van der Waals surface area contributed by atoms with E-state index >= 15 is 0 Å². The molecule has 4 aromatic rings. The first-order valence-electron chi connectivity index (χ1n) is 18.7. The molecule has 0 aliphatic heterocycles. The summed E-state index contributed by atoms with van der Waals surface area (Å²) >= 11 is 11.8. The van der Waals surface area contributed by atoms with Crippen molar-refractivity contribution in [2.45, 2.75) is 13.8 Å². The van der Waals surface area contributed by atoms with Crippen molar-refractivity contribution in [1.82, 2.24) is 29.0 Å². The third-order valence-electron chi connectivity index (χ3n) is 8.57. The number of allylic oxidation sites excluding steroid dienone is 6. The molecular weight excluding hydrogens is 1150 g/mol. The number of hydrogen-bond donors (Lipinski definition) is 6. The maximum Gasteiger partial charge on any atom is 1.00 e. The number of halogens is 2. The van der Waals surface area contributed by atoms with E-state index in [2.05, 4.69) is 39.6 Å². The molecule has 0 amide bonds. The van der Waals surface area contributed by atoms with Crippen molar-refractivity contribution in [3.8, 4) is 11.4 Å². The summed E-state index contributed by atoms with van der Waals surface area (Å²) in [6.07, 6.45) is 3.72. The van der Waals surface area contributed by atoms with E-state index < -0.39 is 98.6 Å². The molecule has 8 N–H and O–H groups in total. The minimum absolute atomic E-state index is 0. The molecule has 2 heterocycles. The molecule has 2 aromatic heterocycles. The number of aryl methyl sites for hydroxylation is 2. The van der Waals surface area contributed by atoms with E-state index in [1.807, 2.05) is 21.6 Å². The number of carbonyl (C=O) groups excluding carboxylic acids is 2. The SMILES string of the molecule is Cc1nn(-c2ccccc2)c([NH-])c1N/N=C1/C=C(S(=O)(=O)NCCOS(=O)(=O)O)C=C(Cl)C1=O.Cc1nn(-c2ccccc2)c([NH-])c1N/N=C1/C=C(S(=O)(=O)NCCOS(=O)(=O)O)C=C(Cl)C1=O.[Co].[Na+].[Na+].[Na+]. The quantitative estimate of drug-likeness (QED) is 0.0178. The number of sulfonamides is 2. The molecule has 0 fully saturated rings. The predicted octanol–water partition coefficient (Wildman–Crippen LogP) is -5.07. The predicted molar refractivity (Wildman–Crippen MR) is 250 cm³/mol. The molecule has 2 aliphatic rings. The van der Waals surface area contributed by atoms with Gasteiger partial charge in [-0.15, -0.1) is 0 Å². The Morgan fingerprint density at radius 1 is 0.597 bits per heavy atom. The van der Waals surface area contributed by atoms with Crippen LogP contribution >= 0.6 is 23.2 Å². The number of ketones is 2. The van der Waals surface area contributed by atoms with E-state index in [9.17, 15) is 43.3 Å². The number of carbonyl (C=O) groups is 2. The molecule has 0 unspecified atom stereocenters. The Hall–Kier alpha value is -2.65. The topological polar surface area (TPSA) is 386 Å². The second kappa shape index (κ2) is 29.0. The Morgan fingerprint density at radius 2 is 0.917 bits per heavy atom. The molecule has 1 radical (unpaired) electrons. The molecular formula is C36H36Cl2CoN12Na3O14S4+. The maximum absolute atomic E-state index is 12.5. The number of para-hydroxylation sites is 2. The number of rotatable bonds is 18. The van der Waals surface area contributed by atoms with Gasteiger partial charge >= 0.3 is 109 Å². The molecule has 373 valence electrons. The molecule has 72 heavy (non-hydrogen) atoms. The Morgan fingerprint density at radius 3 is 1.22 bits per heavy atom. The van der Waals surface area contributed by atoms with E-state index in [0.29, 0.717) is 22.8 Å². The Labute approximate surface area is 499 Å². The van der Waals surface area contributed by atoms with Crippen molar-refractivity contribution in [1.29, 1.82) is 0 Å². The standard InChI is InChI=1S/2C18H19ClN6O7S2.Co.3Na/c2*1-11-16(18(20)25(24-11)12-5-3-2-4-6-12)23-22-15-10-13(9-14(19)17(15)26)33(27,28)21-7-8-32-34(29,30)31;;;;/h2*2-6,9-10,21H,7-8H2,1H3,(H4,20,22,23,24,26,29,30,31);;;;/q;;;3*+1/p-2. The van der Waals surface area contributed by atoms with Crippen LogP contribution in [0.3, 0.4) is 0 Å². The van der Waals surface area contributed by atoms with E-state index in [0.717, 1.165) is 24.3 Å². The monoisotopic (exact) mass is 1190 g/mol. The fraction of sp³-hybridized carbons (Fsp3) is 0.167. The van der Waals surface area contributed by atoms with E-state index in [1.165, 1.54) is 9.36 Å². The normalized spacial score (nSPS) is 15.0. The largest absolute Gasteiger partial charge is 1.00 e. The van der Waals surface area contributed by atoms with Gasteiger partial charge in [-0.2, -0.15) is 27.0 Å². The molecule has 6 rings (SSSR count). The number of nitrogens with one attached hydrogen (secondary N) is 6. The van der Waals surface area contributed by atoms with Gasteiger partial charge in [0.05, 0.1) is 55.9 Å². The van der Waals surface area contributed by atoms with Crippen molar-refractivity contribution in [3.05, 3.63) is 128 Å². The van der Waals surface area contributed by atoms with Gasteiger partial charge in [-0.3, -0.25) is 39.7 Å². The number of nitrogens with zero attached hydrogens (tertiary/aromatic N) is 6. The molecule has 0 saturated heterocycles. The summed E-state index contributed by atoms with van der Waals surface area (Å²) in [7, 11) is -17.9. The van der Waals surface area contributed by atoms with E-state index in [4.69, 9.17) is 43.8 Å². The van der Waals surface area contributed by atoms with Crippen LogP contribution in [-0.2, 0) is 75.6 Å². The van der Waals surface area contributed by atoms with Gasteiger partial charge in [0.2, 0.25) is 31.6 Å². The zero-order valence-electron chi connectivity index (χ0n) is 38.1. The third kappa shape index (κ3) is 18.9. The van der Waals surface area contributed by atoms with Crippen LogP contribution in [0.2, 0.25) is 0 Å². The number of anilines is 2. The minimum Gasteiger partial charge on any atom is -0.479 e. The fourth-order valence-electron chi connectivity index (χ4n) is 5.47. The molecule has 0 atom stereocenters. The average molecular weight is 1190 g/mol. The average Bonchev–Trinajstić information content (AvgIpc) is 3.73. The molecule has 0 bridgehead atoms. The fourth-order valence-corrected chi connectivity index (χ4v) is 8.73. The number of hydrogen-bond acceptors (Lipinski definition) is 18. The second-order valence-electron chi connectivity index (χ2n) is 13.4. The summed E-state index contributed by atoms with van der Waals surface area (Å²) in [6.45, 7) is 0.926. The number of Topliss-reactive ketones (excluding diaryl/α,β-unsaturated/α-hetero) is 2. The zero-order chi connectivity index (χ0) is 50.2. The Balaban J connectivity index is 0.000000682. The third-order valence-corrected chi connectivity index (χ3v) is 12.9. The summed E-state index contributed by atoms with van der Waals surface area (Å²) in [6, 6.07) is 17.8. The van der Waals surface area contributed by atoms with Crippen LogP contribution in [0.25, 0.3) is 22.8 Å². The Bertz CT molecular complexity index is 3070. The molecule has 36 heteroatoms. The van der Waals surface area contributed by atoms with Gasteiger partial charge in [-0.25, -0.2) is 34.6 Å². The maximum atomic E-state index is 12.5. The first kappa shape index (κ1) is 67.4. The molecule has 2 aliphatic carbocycles. The Kier molecular flexibility index (Phi) is 27.2. The van der Waals surface area contributed by atoms with Crippen LogP contribution in [0.4, 0.5) is 23.0 Å². The molecule has 26 nitrogen and oxygen atoms in total. The number of hydrazone groups is 2. The van der Waals surface area contributed by atoms with Gasteiger partial charge in [0.25, 0.3) is 0 Å². The van der Waals surface area contributed by atoms with Gasteiger partial charge in [0, 0.05) is 29.9 Å². The van der Waals surface area contributed by atoms with Crippen molar-refractivity contribution in [2.24, 2.45) is 10.2 Å². The number of aromatic nitrogens is 4. The van der Waals surface area contributed by atoms with Crippen LogP contribution in [-0.4, -0.2) is 112 Å². The summed E-state index contributed by atoms with van der Waals surface area (Å²) in [5, 5.41) is 15.5. The second-order valence-corrected chi connectivity index (χ2v) is 19.9. The van der Waals surface area contributed by atoms with Crippen molar-refractivity contribution in [3.63, 3.8) is 0 Å². The summed E-state index contributed by atoms with van der Waals surface area (Å²) in [5.41, 5.74) is 23.6. The first-order chi connectivity index (χ1) is 31.8. The zero-order valence-corrected chi connectivity index (χ0v) is 49.9. The molecule has 0 saturated carbocycles. The summed E-state index contributed by atoms with van der Waals surface area (Å²) in [5.74, 6) is -1.62. The molecule has 0 spiro atoms. The van der Waals surface area contributed by atoms with Gasteiger partial charge in [0.15, 0.2) is 0 Å². The van der Waals surface area contributed by atoms with Gasteiger partial charge < -0.3 is 20.8 Å². The van der Waals surface area contributed by atoms with Crippen molar-refractivity contribution in [2.75, 3.05) is 37.2 Å². The van der Waals surface area contributed by atoms with E-state index in [1.54, 1.807) is 62.4 Å². The van der Waals surface area contributed by atoms with Gasteiger partial charge in [-0.05, 0) is 61.2 Å². The van der Waals surface area contributed by atoms with Crippen molar-refractivity contribution >= 4 is 110 Å². The van der Waals surface area contributed by atoms with Crippen LogP contribution in [0.1, 0.15) is 11.4 Å². The van der Waals surface area contributed by atoms with Crippen LogP contribution in [0.15, 0.2) is 115 Å². The van der Waals surface area contributed by atoms with E-state index in [-0.39, 0.29) is 140 Å². The minimum atomic E-state index is -4.73. The van der Waals surface area contributed by atoms with Gasteiger partial charge in [0.1, 0.15) is 11.4 Å². The van der Waals surface area contributed by atoms with Crippen LogP contribution < -0.4 is 109 Å².